The molecule has 10 heteroatoms. The van der Waals surface area contributed by atoms with Crippen molar-refractivity contribution in [3.63, 3.8) is 0 Å². The van der Waals surface area contributed by atoms with Gasteiger partial charge in [0, 0.05) is 23.4 Å². The first kappa shape index (κ1) is 36.2. The number of hydrogen-bond donors (Lipinski definition) is 0. The van der Waals surface area contributed by atoms with E-state index in [1.54, 1.807) is 23.6 Å². The van der Waals surface area contributed by atoms with Gasteiger partial charge in [-0.05, 0) is 65.8 Å². The number of carbonyl (C=O) groups excluding carboxylic acids is 1. The number of fused-ring (bicyclic) bond motifs is 1. The van der Waals surface area contributed by atoms with Gasteiger partial charge in [0.25, 0.3) is 11.2 Å². The second-order valence-corrected chi connectivity index (χ2v) is 14.4. The number of nitro groups is 1. The Balaban J connectivity index is 1.51. The van der Waals surface area contributed by atoms with Crippen LogP contribution >= 0.6 is 11.3 Å². The SMILES string of the molecule is CCCC1=C(C(=O)OCC)[C@H](c2ccc(C(C)C)cc2)n2c(s/c(=C\c3cc(-c4ccccc4)n(-c4ccc([N+](=O)[O-])cc4)c3-c3ccccc3)c2=O)=N1. The molecule has 0 aliphatic carbocycles. The maximum absolute atomic E-state index is 14.8. The van der Waals surface area contributed by atoms with Gasteiger partial charge in [0.15, 0.2) is 4.80 Å². The highest BCUT2D eigenvalue weighted by Crippen LogP contribution is 2.37. The number of rotatable bonds is 11. The lowest BCUT2D eigenvalue weighted by Gasteiger charge is -2.26. The standard InChI is InChI=1S/C44H40N4O5S/c1-5-13-36-39(43(50)53-6-2)41(32-20-18-29(19-21-32)28(3)4)47-42(49)38(54-44(47)45-36)27-33-26-37(30-14-9-7-10-15-30)46(40(33)31-16-11-8-12-17-31)34-22-24-35(25-23-34)48(51)52/h7-12,14-28,41H,5-6,13H2,1-4H3/b38-27-/t41-/m0/s1. The Kier molecular flexibility index (Phi) is 10.4. The minimum absolute atomic E-state index is 0.00667. The van der Waals surface area contributed by atoms with Crippen LogP contribution in [0.4, 0.5) is 5.69 Å². The minimum atomic E-state index is -0.719. The number of non-ortho nitro benzene ring substituents is 1. The van der Waals surface area contributed by atoms with Crippen LogP contribution in [0.5, 0.6) is 0 Å². The summed E-state index contributed by atoms with van der Waals surface area (Å²) in [5.74, 6) is -0.161. The first-order valence-electron chi connectivity index (χ1n) is 18.1. The summed E-state index contributed by atoms with van der Waals surface area (Å²) in [5.41, 5.74) is 7.70. The van der Waals surface area contributed by atoms with Crippen LogP contribution in [0, 0.1) is 10.1 Å². The van der Waals surface area contributed by atoms with Crippen molar-refractivity contribution in [1.82, 2.24) is 9.13 Å². The minimum Gasteiger partial charge on any atom is -0.463 e. The maximum atomic E-state index is 14.8. The van der Waals surface area contributed by atoms with Crippen LogP contribution in [-0.2, 0) is 9.53 Å². The summed E-state index contributed by atoms with van der Waals surface area (Å²) in [6.07, 6.45) is 3.21. The maximum Gasteiger partial charge on any atom is 0.338 e. The lowest BCUT2D eigenvalue weighted by atomic mass is 9.92. The number of carbonyl (C=O) groups is 1. The Morgan fingerprint density at radius 2 is 1.57 bits per heavy atom. The van der Waals surface area contributed by atoms with E-state index in [2.05, 4.69) is 30.5 Å². The molecule has 2 aromatic heterocycles. The highest BCUT2D eigenvalue weighted by Gasteiger charge is 2.34. The Hall–Kier alpha value is -6.13. The fraction of sp³-hybridized carbons (Fsp3) is 0.205. The summed E-state index contributed by atoms with van der Waals surface area (Å²) in [4.78, 5) is 45.2. The Bertz CT molecular complexity index is 2550. The molecule has 0 spiro atoms. The molecule has 7 rings (SSSR count). The van der Waals surface area contributed by atoms with Gasteiger partial charge in [-0.25, -0.2) is 9.79 Å². The second kappa shape index (κ2) is 15.5. The lowest BCUT2D eigenvalue weighted by molar-refractivity contribution is -0.384. The van der Waals surface area contributed by atoms with Gasteiger partial charge in [-0.3, -0.25) is 19.5 Å². The topological polar surface area (TPSA) is 109 Å². The predicted octanol–water partition coefficient (Wildman–Crippen LogP) is 8.73. The van der Waals surface area contributed by atoms with Gasteiger partial charge in [-0.1, -0.05) is 123 Å². The highest BCUT2D eigenvalue weighted by molar-refractivity contribution is 7.07. The Morgan fingerprint density at radius 3 is 2.17 bits per heavy atom. The Labute approximate surface area is 317 Å². The monoisotopic (exact) mass is 736 g/mol. The van der Waals surface area contributed by atoms with Crippen molar-refractivity contribution in [2.75, 3.05) is 6.61 Å². The van der Waals surface area contributed by atoms with E-state index in [1.165, 1.54) is 23.5 Å². The van der Waals surface area contributed by atoms with E-state index in [-0.39, 0.29) is 17.9 Å². The number of esters is 1. The van der Waals surface area contributed by atoms with Crippen LogP contribution in [0.3, 0.4) is 0 Å². The number of hydrogen-bond acceptors (Lipinski definition) is 7. The third-order valence-electron chi connectivity index (χ3n) is 9.56. The molecule has 1 aliphatic heterocycles. The number of nitrogens with zero attached hydrogens (tertiary/aromatic N) is 4. The molecule has 3 heterocycles. The van der Waals surface area contributed by atoms with Gasteiger partial charge in [0.1, 0.15) is 0 Å². The van der Waals surface area contributed by atoms with E-state index >= 15 is 0 Å². The largest absolute Gasteiger partial charge is 0.463 e. The molecule has 54 heavy (non-hydrogen) atoms. The van der Waals surface area contributed by atoms with Gasteiger partial charge < -0.3 is 9.30 Å². The molecule has 0 saturated carbocycles. The molecule has 272 valence electrons. The number of aromatic nitrogens is 2. The van der Waals surface area contributed by atoms with Crippen molar-refractivity contribution >= 4 is 29.1 Å². The first-order chi connectivity index (χ1) is 26.2. The average Bonchev–Trinajstić information content (AvgIpc) is 3.72. The van der Waals surface area contributed by atoms with Gasteiger partial charge in [0.2, 0.25) is 0 Å². The van der Waals surface area contributed by atoms with E-state index in [4.69, 9.17) is 9.73 Å². The van der Waals surface area contributed by atoms with Gasteiger partial charge in [-0.15, -0.1) is 0 Å². The zero-order valence-electron chi connectivity index (χ0n) is 30.6. The molecule has 0 bridgehead atoms. The number of benzene rings is 4. The van der Waals surface area contributed by atoms with Crippen molar-refractivity contribution in [3.8, 4) is 28.2 Å². The molecule has 0 radical (unpaired) electrons. The summed E-state index contributed by atoms with van der Waals surface area (Å²) in [5, 5.41) is 11.6. The summed E-state index contributed by atoms with van der Waals surface area (Å²) < 4.78 is 9.77. The zero-order chi connectivity index (χ0) is 37.9. The Morgan fingerprint density at radius 1 is 0.926 bits per heavy atom. The molecule has 0 saturated heterocycles. The number of ether oxygens (including phenoxy) is 1. The van der Waals surface area contributed by atoms with Crippen LogP contribution < -0.4 is 14.9 Å². The molecular weight excluding hydrogens is 697 g/mol. The van der Waals surface area contributed by atoms with E-state index in [9.17, 15) is 19.7 Å². The van der Waals surface area contributed by atoms with Crippen molar-refractivity contribution in [2.45, 2.75) is 52.5 Å². The average molecular weight is 737 g/mol. The highest BCUT2D eigenvalue weighted by atomic mass is 32.1. The van der Waals surface area contributed by atoms with E-state index in [1.807, 2.05) is 91.9 Å². The van der Waals surface area contributed by atoms with Crippen LogP contribution in [0.1, 0.15) is 69.2 Å². The summed E-state index contributed by atoms with van der Waals surface area (Å²) in [6, 6.07) is 35.7. The normalized spacial score (nSPS) is 14.2. The second-order valence-electron chi connectivity index (χ2n) is 13.4. The smallest absolute Gasteiger partial charge is 0.338 e. The fourth-order valence-electron chi connectivity index (χ4n) is 6.99. The van der Waals surface area contributed by atoms with Gasteiger partial charge in [-0.2, -0.15) is 0 Å². The predicted molar refractivity (Wildman–Crippen MR) is 213 cm³/mol. The molecule has 9 nitrogen and oxygen atoms in total. The summed E-state index contributed by atoms with van der Waals surface area (Å²) >= 11 is 1.29. The summed E-state index contributed by atoms with van der Waals surface area (Å²) in [6.45, 7) is 8.27. The van der Waals surface area contributed by atoms with E-state index in [0.717, 1.165) is 51.3 Å². The van der Waals surface area contributed by atoms with Gasteiger partial charge in [0.05, 0.1) is 44.8 Å². The lowest BCUT2D eigenvalue weighted by Crippen LogP contribution is -2.40. The van der Waals surface area contributed by atoms with Crippen LogP contribution in [0.25, 0.3) is 34.3 Å². The molecule has 1 atom stereocenters. The number of nitro benzene ring substituents is 1. The number of thiazole rings is 1. The first-order valence-corrected chi connectivity index (χ1v) is 18.9. The van der Waals surface area contributed by atoms with E-state index in [0.29, 0.717) is 32.9 Å². The fourth-order valence-corrected chi connectivity index (χ4v) is 8.00. The third-order valence-corrected chi connectivity index (χ3v) is 10.5. The van der Waals surface area contributed by atoms with Crippen molar-refractivity contribution in [2.24, 2.45) is 4.99 Å². The van der Waals surface area contributed by atoms with Gasteiger partial charge >= 0.3 is 5.97 Å². The zero-order valence-corrected chi connectivity index (χ0v) is 31.4. The molecule has 4 aromatic carbocycles. The quantitative estimate of drug-likeness (QED) is 0.0751. The molecule has 1 aliphatic rings. The van der Waals surface area contributed by atoms with E-state index < -0.39 is 16.9 Å². The van der Waals surface area contributed by atoms with Crippen molar-refractivity contribution < 1.29 is 14.5 Å². The summed E-state index contributed by atoms with van der Waals surface area (Å²) in [7, 11) is 0. The van der Waals surface area contributed by atoms with Crippen molar-refractivity contribution in [1.29, 1.82) is 0 Å². The molecule has 0 fully saturated rings. The molecule has 0 N–H and O–H groups in total. The molecule has 0 unspecified atom stereocenters. The van der Waals surface area contributed by atoms with Crippen LogP contribution in [0.2, 0.25) is 0 Å². The van der Waals surface area contributed by atoms with Crippen LogP contribution in [-0.4, -0.2) is 26.6 Å². The van der Waals surface area contributed by atoms with Crippen molar-refractivity contribution in [3.05, 3.63) is 173 Å². The van der Waals surface area contributed by atoms with Crippen LogP contribution in [0.15, 0.2) is 136 Å². The molecular formula is C44H40N4O5S. The molecule has 0 amide bonds. The molecule has 6 aromatic rings. The third kappa shape index (κ3) is 6.88. The number of allylic oxidation sites excluding steroid dienone is 1.